The van der Waals surface area contributed by atoms with Crippen molar-refractivity contribution in [3.63, 3.8) is 0 Å². The second kappa shape index (κ2) is 5.83. The minimum atomic E-state index is -0.117. The first kappa shape index (κ1) is 14.2. The number of phenolic OH excluding ortho intramolecular Hbond substituents is 1. The highest BCUT2D eigenvalue weighted by molar-refractivity contribution is 6.32. The Kier molecular flexibility index (Phi) is 4.35. The standard InChI is InChI=1S/C15H20ClNO2/c1-9-3-5-12(7-10(9)2)17-15(19)11-4-6-14(18)13(16)8-11/h4,6,8-10,12,18H,3,5,7H2,1-2H3,(H,17,19). The van der Waals surface area contributed by atoms with E-state index in [0.29, 0.717) is 11.5 Å². The Bertz CT molecular complexity index is 475. The van der Waals surface area contributed by atoms with E-state index in [-0.39, 0.29) is 22.7 Å². The number of carbonyl (C=O) groups is 1. The van der Waals surface area contributed by atoms with Crippen LogP contribution in [0.4, 0.5) is 0 Å². The van der Waals surface area contributed by atoms with E-state index >= 15 is 0 Å². The monoisotopic (exact) mass is 281 g/mol. The van der Waals surface area contributed by atoms with Crippen LogP contribution >= 0.6 is 11.6 Å². The summed E-state index contributed by atoms with van der Waals surface area (Å²) in [6.45, 7) is 4.50. The van der Waals surface area contributed by atoms with Crippen LogP contribution in [0.1, 0.15) is 43.5 Å². The highest BCUT2D eigenvalue weighted by atomic mass is 35.5. The van der Waals surface area contributed by atoms with Crippen molar-refractivity contribution in [2.75, 3.05) is 0 Å². The highest BCUT2D eigenvalue weighted by Gasteiger charge is 2.25. The number of rotatable bonds is 2. The largest absolute Gasteiger partial charge is 0.506 e. The number of phenols is 1. The number of aromatic hydroxyl groups is 1. The van der Waals surface area contributed by atoms with Crippen molar-refractivity contribution in [3.05, 3.63) is 28.8 Å². The summed E-state index contributed by atoms with van der Waals surface area (Å²) in [6.07, 6.45) is 3.21. The van der Waals surface area contributed by atoms with Crippen LogP contribution in [0, 0.1) is 11.8 Å². The van der Waals surface area contributed by atoms with Crippen LogP contribution in [0.3, 0.4) is 0 Å². The fourth-order valence-corrected chi connectivity index (χ4v) is 2.78. The molecule has 0 aliphatic heterocycles. The van der Waals surface area contributed by atoms with Crippen molar-refractivity contribution in [1.29, 1.82) is 0 Å². The molecule has 2 rings (SSSR count). The van der Waals surface area contributed by atoms with E-state index in [1.54, 1.807) is 6.07 Å². The molecule has 3 nitrogen and oxygen atoms in total. The van der Waals surface area contributed by atoms with Gasteiger partial charge in [-0.05, 0) is 49.3 Å². The van der Waals surface area contributed by atoms with Crippen LogP contribution in [-0.2, 0) is 0 Å². The normalized spacial score (nSPS) is 27.0. The molecular weight excluding hydrogens is 262 g/mol. The average molecular weight is 282 g/mol. The minimum absolute atomic E-state index is 0.00155. The van der Waals surface area contributed by atoms with Crippen molar-refractivity contribution < 1.29 is 9.90 Å². The Morgan fingerprint density at radius 3 is 2.68 bits per heavy atom. The molecule has 1 aliphatic rings. The van der Waals surface area contributed by atoms with E-state index in [0.717, 1.165) is 25.2 Å². The predicted octanol–water partition coefficient (Wildman–Crippen LogP) is 3.60. The van der Waals surface area contributed by atoms with E-state index in [4.69, 9.17) is 11.6 Å². The van der Waals surface area contributed by atoms with Crippen molar-refractivity contribution in [1.82, 2.24) is 5.32 Å². The van der Waals surface area contributed by atoms with Crippen LogP contribution in [-0.4, -0.2) is 17.1 Å². The van der Waals surface area contributed by atoms with E-state index in [1.807, 2.05) is 0 Å². The van der Waals surface area contributed by atoms with Gasteiger partial charge < -0.3 is 10.4 Å². The topological polar surface area (TPSA) is 49.3 Å². The third kappa shape index (κ3) is 3.41. The summed E-state index contributed by atoms with van der Waals surface area (Å²) in [6, 6.07) is 4.78. The third-order valence-corrected chi connectivity index (χ3v) is 4.45. The third-order valence-electron chi connectivity index (χ3n) is 4.14. The van der Waals surface area contributed by atoms with Gasteiger partial charge in [-0.15, -0.1) is 0 Å². The summed E-state index contributed by atoms with van der Waals surface area (Å²) in [5.74, 6) is 1.26. The van der Waals surface area contributed by atoms with Crippen LogP contribution in [0.5, 0.6) is 5.75 Å². The van der Waals surface area contributed by atoms with Gasteiger partial charge in [0.05, 0.1) is 5.02 Å². The summed E-state index contributed by atoms with van der Waals surface area (Å²) < 4.78 is 0. The number of hydrogen-bond acceptors (Lipinski definition) is 2. The van der Waals surface area contributed by atoms with Gasteiger partial charge in [-0.2, -0.15) is 0 Å². The van der Waals surface area contributed by atoms with Crippen LogP contribution in [0.2, 0.25) is 5.02 Å². The summed E-state index contributed by atoms with van der Waals surface area (Å²) >= 11 is 5.81. The zero-order valence-corrected chi connectivity index (χ0v) is 12.1. The molecule has 2 N–H and O–H groups in total. The quantitative estimate of drug-likeness (QED) is 0.870. The molecule has 0 aromatic heterocycles. The molecule has 0 bridgehead atoms. The van der Waals surface area contributed by atoms with Gasteiger partial charge >= 0.3 is 0 Å². The van der Waals surface area contributed by atoms with E-state index in [9.17, 15) is 9.90 Å². The highest BCUT2D eigenvalue weighted by Crippen LogP contribution is 2.29. The molecule has 1 aliphatic carbocycles. The van der Waals surface area contributed by atoms with Gasteiger partial charge in [-0.25, -0.2) is 0 Å². The molecule has 104 valence electrons. The molecule has 0 radical (unpaired) electrons. The zero-order valence-electron chi connectivity index (χ0n) is 11.3. The van der Waals surface area contributed by atoms with Gasteiger partial charge in [0.15, 0.2) is 0 Å². The maximum atomic E-state index is 12.1. The minimum Gasteiger partial charge on any atom is -0.506 e. The van der Waals surface area contributed by atoms with Crippen molar-refractivity contribution in [2.45, 2.75) is 39.2 Å². The maximum Gasteiger partial charge on any atom is 0.251 e. The average Bonchev–Trinajstić information content (AvgIpc) is 2.37. The fourth-order valence-electron chi connectivity index (χ4n) is 2.60. The molecule has 1 amide bonds. The van der Waals surface area contributed by atoms with E-state index in [2.05, 4.69) is 19.2 Å². The number of carbonyl (C=O) groups excluding carboxylic acids is 1. The van der Waals surface area contributed by atoms with Gasteiger partial charge in [0, 0.05) is 11.6 Å². The molecule has 0 spiro atoms. The Balaban J connectivity index is 1.99. The molecular formula is C15H20ClNO2. The first-order valence-electron chi connectivity index (χ1n) is 6.76. The fraction of sp³-hybridized carbons (Fsp3) is 0.533. The summed E-state index contributed by atoms with van der Waals surface area (Å²) in [7, 11) is 0. The molecule has 19 heavy (non-hydrogen) atoms. The lowest BCUT2D eigenvalue weighted by molar-refractivity contribution is 0.0910. The van der Waals surface area contributed by atoms with E-state index < -0.39 is 0 Å². The van der Waals surface area contributed by atoms with Gasteiger partial charge in [0.25, 0.3) is 5.91 Å². The SMILES string of the molecule is CC1CCC(NC(=O)c2ccc(O)c(Cl)c2)CC1C. The molecule has 1 saturated carbocycles. The van der Waals surface area contributed by atoms with Gasteiger partial charge in [0.2, 0.25) is 0 Å². The predicted molar refractivity (Wildman–Crippen MR) is 76.6 cm³/mol. The lowest BCUT2D eigenvalue weighted by atomic mass is 9.79. The Labute approximate surface area is 119 Å². The van der Waals surface area contributed by atoms with Gasteiger partial charge in [-0.1, -0.05) is 25.4 Å². The summed E-state index contributed by atoms with van der Waals surface area (Å²) in [4.78, 5) is 12.1. The Morgan fingerprint density at radius 1 is 1.32 bits per heavy atom. The van der Waals surface area contributed by atoms with E-state index in [1.165, 1.54) is 12.1 Å². The summed E-state index contributed by atoms with van der Waals surface area (Å²) in [5.41, 5.74) is 0.495. The molecule has 4 heteroatoms. The number of hydrogen-bond donors (Lipinski definition) is 2. The number of benzene rings is 1. The number of halogens is 1. The van der Waals surface area contributed by atoms with Crippen LogP contribution in [0.25, 0.3) is 0 Å². The van der Waals surface area contributed by atoms with Crippen molar-refractivity contribution >= 4 is 17.5 Å². The lowest BCUT2D eigenvalue weighted by Gasteiger charge is -2.32. The molecule has 3 unspecified atom stereocenters. The maximum absolute atomic E-state index is 12.1. The van der Waals surface area contributed by atoms with Crippen molar-refractivity contribution in [3.8, 4) is 5.75 Å². The molecule has 1 fully saturated rings. The second-order valence-corrected chi connectivity index (χ2v) is 6.01. The smallest absolute Gasteiger partial charge is 0.251 e. The number of amides is 1. The van der Waals surface area contributed by atoms with Crippen LogP contribution in [0.15, 0.2) is 18.2 Å². The molecule has 1 aromatic rings. The lowest BCUT2D eigenvalue weighted by Crippen LogP contribution is -2.39. The molecule has 0 heterocycles. The first-order chi connectivity index (χ1) is 8.97. The second-order valence-electron chi connectivity index (χ2n) is 5.60. The van der Waals surface area contributed by atoms with Gasteiger partial charge in [0.1, 0.15) is 5.75 Å². The van der Waals surface area contributed by atoms with Crippen molar-refractivity contribution in [2.24, 2.45) is 11.8 Å². The first-order valence-corrected chi connectivity index (χ1v) is 7.14. The molecule has 0 saturated heterocycles. The van der Waals surface area contributed by atoms with Gasteiger partial charge in [-0.3, -0.25) is 4.79 Å². The molecule has 3 atom stereocenters. The zero-order chi connectivity index (χ0) is 14.0. The number of nitrogens with one attached hydrogen (secondary N) is 1. The Hall–Kier alpha value is -1.22. The molecule has 1 aromatic carbocycles. The Morgan fingerprint density at radius 2 is 2.05 bits per heavy atom. The summed E-state index contributed by atoms with van der Waals surface area (Å²) in [5, 5.41) is 12.6. The van der Waals surface area contributed by atoms with Crippen LogP contribution < -0.4 is 5.32 Å².